The molecular formula is C38H31BrN2O5. The SMILES string of the molecule is CCC(OC(=O)c1cc(-c2ccc(N3C(=O)C4C5C=CC(C6CC56)C4C3=O)cc2)nc2c(C)cc(Br)cc12)C(=O)c1ccccc1. The number of aromatic nitrogens is 1. The summed E-state index contributed by atoms with van der Waals surface area (Å²) in [7, 11) is 0. The van der Waals surface area contributed by atoms with Gasteiger partial charge in [-0.2, -0.15) is 0 Å². The third-order valence-electron chi connectivity index (χ3n) is 10.3. The molecule has 7 nitrogen and oxygen atoms in total. The van der Waals surface area contributed by atoms with Gasteiger partial charge in [-0.25, -0.2) is 9.78 Å². The fraction of sp³-hybridized carbons (Fsp3) is 0.289. The number of hydrogen-bond acceptors (Lipinski definition) is 6. The number of esters is 1. The second-order valence-electron chi connectivity index (χ2n) is 12.9. The molecule has 0 radical (unpaired) electrons. The Kier molecular flexibility index (Phi) is 6.83. The van der Waals surface area contributed by atoms with Gasteiger partial charge >= 0.3 is 5.97 Å². The number of imide groups is 1. The number of aryl methyl sites for hydroxylation is 1. The third kappa shape index (κ3) is 4.48. The van der Waals surface area contributed by atoms with Gasteiger partial charge < -0.3 is 4.74 Å². The molecule has 4 aliphatic carbocycles. The first kappa shape index (κ1) is 29.0. The predicted molar refractivity (Wildman–Crippen MR) is 177 cm³/mol. The number of nitrogens with zero attached hydrogens (tertiary/aromatic N) is 2. The Bertz CT molecular complexity index is 1950. The zero-order chi connectivity index (χ0) is 31.9. The van der Waals surface area contributed by atoms with Crippen LogP contribution in [0.25, 0.3) is 22.2 Å². The Hall–Kier alpha value is -4.43. The molecule has 0 N–H and O–H groups in total. The van der Waals surface area contributed by atoms with E-state index in [0.717, 1.165) is 16.5 Å². The van der Waals surface area contributed by atoms with Gasteiger partial charge in [0, 0.05) is 21.0 Å². The first-order valence-corrected chi connectivity index (χ1v) is 16.6. The molecule has 1 aliphatic heterocycles. The van der Waals surface area contributed by atoms with Gasteiger partial charge in [0.2, 0.25) is 17.6 Å². The molecular weight excluding hydrogens is 644 g/mol. The lowest BCUT2D eigenvalue weighted by molar-refractivity contribution is -0.124. The number of ether oxygens (including phenoxy) is 1. The largest absolute Gasteiger partial charge is 0.450 e. The van der Waals surface area contributed by atoms with Gasteiger partial charge in [0.05, 0.1) is 34.3 Å². The lowest BCUT2D eigenvalue weighted by Crippen LogP contribution is -2.40. The van der Waals surface area contributed by atoms with Crippen molar-refractivity contribution >= 4 is 56.1 Å². The molecule has 4 aromatic rings. The van der Waals surface area contributed by atoms with E-state index in [1.54, 1.807) is 42.5 Å². The van der Waals surface area contributed by atoms with Gasteiger partial charge in [0.1, 0.15) is 0 Å². The standard InChI is InChI=1S/C38H31BrN2O5/c1-3-31(35(42)21-7-5-4-6-8-21)46-38(45)29-18-30(40-34-19(2)15-22(39)16-28(29)34)20-9-11-23(12-10-20)41-36(43)32-24-13-14-25(27-17-26(24)27)33(32)37(41)44/h4-16,18,24-27,31-33H,3,17H2,1-2H3. The van der Waals surface area contributed by atoms with Crippen molar-refractivity contribution in [2.45, 2.75) is 32.8 Å². The maximum absolute atomic E-state index is 13.8. The molecule has 46 heavy (non-hydrogen) atoms. The Morgan fingerprint density at radius 1 is 0.935 bits per heavy atom. The molecule has 9 rings (SSSR count). The summed E-state index contributed by atoms with van der Waals surface area (Å²) in [5.74, 6) is -0.165. The van der Waals surface area contributed by atoms with E-state index < -0.39 is 12.1 Å². The molecule has 3 aromatic carbocycles. The molecule has 230 valence electrons. The number of halogens is 1. The quantitative estimate of drug-likeness (QED) is 0.0881. The van der Waals surface area contributed by atoms with Crippen LogP contribution in [0.4, 0.5) is 5.69 Å². The lowest BCUT2D eigenvalue weighted by Gasteiger charge is -2.37. The fourth-order valence-corrected chi connectivity index (χ4v) is 8.64. The summed E-state index contributed by atoms with van der Waals surface area (Å²) in [6.07, 6.45) is 4.86. The highest BCUT2D eigenvalue weighted by molar-refractivity contribution is 9.10. The van der Waals surface area contributed by atoms with E-state index in [-0.39, 0.29) is 41.3 Å². The summed E-state index contributed by atoms with van der Waals surface area (Å²) < 4.78 is 6.64. The van der Waals surface area contributed by atoms with Crippen LogP contribution in [-0.2, 0) is 14.3 Å². The van der Waals surface area contributed by atoms with Gasteiger partial charge in [-0.05, 0) is 79.3 Å². The Morgan fingerprint density at radius 2 is 1.59 bits per heavy atom. The molecule has 3 fully saturated rings. The maximum atomic E-state index is 13.8. The van der Waals surface area contributed by atoms with Crippen LogP contribution in [0.15, 0.2) is 89.4 Å². The van der Waals surface area contributed by atoms with Crippen LogP contribution in [0.5, 0.6) is 0 Å². The molecule has 2 bridgehead atoms. The monoisotopic (exact) mass is 674 g/mol. The highest BCUT2D eigenvalue weighted by atomic mass is 79.9. The van der Waals surface area contributed by atoms with Crippen LogP contribution in [0.2, 0.25) is 0 Å². The van der Waals surface area contributed by atoms with Crippen molar-refractivity contribution < 1.29 is 23.9 Å². The first-order chi connectivity index (χ1) is 22.2. The van der Waals surface area contributed by atoms with Crippen molar-refractivity contribution in [3.63, 3.8) is 0 Å². The number of pyridine rings is 1. The summed E-state index contributed by atoms with van der Waals surface area (Å²) in [6, 6.07) is 21.5. The maximum Gasteiger partial charge on any atom is 0.339 e. The van der Waals surface area contributed by atoms with Gasteiger partial charge in [-0.3, -0.25) is 19.3 Å². The minimum Gasteiger partial charge on any atom is -0.450 e. The van der Waals surface area contributed by atoms with Crippen LogP contribution in [0.3, 0.4) is 0 Å². The van der Waals surface area contributed by atoms with Crippen molar-refractivity contribution in [2.24, 2.45) is 35.5 Å². The van der Waals surface area contributed by atoms with E-state index in [0.29, 0.717) is 57.2 Å². The number of amides is 2. The second-order valence-corrected chi connectivity index (χ2v) is 13.8. The number of benzene rings is 3. The molecule has 0 spiro atoms. The van der Waals surface area contributed by atoms with Crippen molar-refractivity contribution in [3.05, 3.63) is 106 Å². The lowest BCUT2D eigenvalue weighted by atomic mass is 9.63. The highest BCUT2D eigenvalue weighted by Crippen LogP contribution is 2.65. The molecule has 2 heterocycles. The number of carbonyl (C=O) groups excluding carboxylic acids is 4. The Morgan fingerprint density at radius 3 is 2.22 bits per heavy atom. The molecule has 2 amide bonds. The zero-order valence-electron chi connectivity index (χ0n) is 25.4. The number of Topliss-reactive ketones (excluding diaryl/α,β-unsaturated/α-hetero) is 1. The number of anilines is 1. The average Bonchev–Trinajstić information content (AvgIpc) is 3.85. The van der Waals surface area contributed by atoms with Crippen LogP contribution in [0, 0.1) is 42.4 Å². The number of allylic oxidation sites excluding steroid dienone is 2. The minimum absolute atomic E-state index is 0.0990. The Labute approximate surface area is 274 Å². The summed E-state index contributed by atoms with van der Waals surface area (Å²) in [4.78, 5) is 60.5. The Balaban J connectivity index is 1.12. The second kappa shape index (κ2) is 10.8. The fourth-order valence-electron chi connectivity index (χ4n) is 8.07. The predicted octanol–water partition coefficient (Wildman–Crippen LogP) is 7.35. The number of ketones is 1. The minimum atomic E-state index is -0.940. The number of hydrogen-bond donors (Lipinski definition) is 0. The average molecular weight is 676 g/mol. The smallest absolute Gasteiger partial charge is 0.339 e. The van der Waals surface area contributed by atoms with Crippen LogP contribution < -0.4 is 4.90 Å². The molecule has 1 aromatic heterocycles. The van der Waals surface area contributed by atoms with E-state index >= 15 is 0 Å². The topological polar surface area (TPSA) is 93.6 Å². The zero-order valence-corrected chi connectivity index (χ0v) is 26.9. The van der Waals surface area contributed by atoms with E-state index in [9.17, 15) is 19.2 Å². The van der Waals surface area contributed by atoms with Gasteiger partial charge in [-0.1, -0.05) is 77.5 Å². The van der Waals surface area contributed by atoms with Crippen LogP contribution >= 0.6 is 15.9 Å². The number of fused-ring (bicyclic) bond motifs is 1. The van der Waals surface area contributed by atoms with Crippen LogP contribution in [0.1, 0.15) is 46.0 Å². The molecule has 7 atom stereocenters. The van der Waals surface area contributed by atoms with Crippen molar-refractivity contribution in [2.75, 3.05) is 4.90 Å². The highest BCUT2D eigenvalue weighted by Gasteiger charge is 2.67. The molecule has 8 heteroatoms. The summed E-state index contributed by atoms with van der Waals surface area (Å²) in [6.45, 7) is 3.73. The number of carbonyl (C=O) groups is 4. The van der Waals surface area contributed by atoms with E-state index in [1.165, 1.54) is 4.90 Å². The van der Waals surface area contributed by atoms with Crippen molar-refractivity contribution in [1.82, 2.24) is 4.98 Å². The van der Waals surface area contributed by atoms with Gasteiger partial charge in [0.15, 0.2) is 6.10 Å². The van der Waals surface area contributed by atoms with E-state index in [1.807, 2.05) is 44.2 Å². The molecule has 1 saturated heterocycles. The van der Waals surface area contributed by atoms with Crippen molar-refractivity contribution in [3.8, 4) is 11.3 Å². The summed E-state index contributed by atoms with van der Waals surface area (Å²) in [5.41, 5.74) is 4.07. The normalized spacial score (nSPS) is 26.2. The molecule has 5 aliphatic rings. The third-order valence-corrected chi connectivity index (χ3v) is 10.8. The van der Waals surface area contributed by atoms with Crippen LogP contribution in [-0.4, -0.2) is 34.7 Å². The van der Waals surface area contributed by atoms with E-state index in [4.69, 9.17) is 9.72 Å². The van der Waals surface area contributed by atoms with E-state index in [2.05, 4.69) is 28.1 Å². The molecule has 2 saturated carbocycles. The van der Waals surface area contributed by atoms with Gasteiger partial charge in [0.25, 0.3) is 0 Å². The molecule has 7 unspecified atom stereocenters. The summed E-state index contributed by atoms with van der Waals surface area (Å²) in [5, 5.41) is 0.608. The van der Waals surface area contributed by atoms with Crippen molar-refractivity contribution in [1.29, 1.82) is 0 Å². The number of rotatable bonds is 7. The first-order valence-electron chi connectivity index (χ1n) is 15.8. The summed E-state index contributed by atoms with van der Waals surface area (Å²) >= 11 is 3.54. The van der Waals surface area contributed by atoms with Gasteiger partial charge in [-0.15, -0.1) is 0 Å².